The van der Waals surface area contributed by atoms with Gasteiger partial charge in [-0.1, -0.05) is 30.3 Å². The van der Waals surface area contributed by atoms with Crippen LogP contribution in [0.1, 0.15) is 18.4 Å². The Morgan fingerprint density at radius 1 is 1.11 bits per heavy atom. The predicted octanol–water partition coefficient (Wildman–Crippen LogP) is 5.21. The maximum Gasteiger partial charge on any atom is 0.261 e. The Morgan fingerprint density at radius 2 is 1.89 bits per heavy atom. The number of alkyl halides is 2. The smallest absolute Gasteiger partial charge is 0.261 e. The molecule has 4 nitrogen and oxygen atoms in total. The van der Waals surface area contributed by atoms with Crippen molar-refractivity contribution in [2.24, 2.45) is 0 Å². The van der Waals surface area contributed by atoms with Gasteiger partial charge < -0.3 is 19.8 Å². The van der Waals surface area contributed by atoms with Crippen molar-refractivity contribution in [1.29, 1.82) is 0 Å². The minimum absolute atomic E-state index is 0.161. The van der Waals surface area contributed by atoms with Crippen molar-refractivity contribution in [1.82, 2.24) is 4.98 Å². The number of benzene rings is 2. The molecule has 4 rings (SSSR count). The van der Waals surface area contributed by atoms with Gasteiger partial charge in [0.1, 0.15) is 6.61 Å². The molecule has 0 atom stereocenters. The standard InChI is InChI=1S/C22H24F2N2O2/c23-21(24)14-28-13-15-10-17-12-19(16-4-2-1-3-5-16)26-22(17)20(11-15)25-18-6-8-27-9-7-18/h1-5,10-12,18,21,25-26H,6-9,13-14H2. The quantitative estimate of drug-likeness (QED) is 0.586. The van der Waals surface area contributed by atoms with Crippen molar-refractivity contribution in [3.8, 4) is 11.3 Å². The van der Waals surface area contributed by atoms with Gasteiger partial charge in [0.15, 0.2) is 0 Å². The van der Waals surface area contributed by atoms with Gasteiger partial charge in [-0.25, -0.2) is 8.78 Å². The fourth-order valence-corrected chi connectivity index (χ4v) is 3.60. The molecule has 0 amide bonds. The summed E-state index contributed by atoms with van der Waals surface area (Å²) in [4.78, 5) is 3.52. The molecule has 148 valence electrons. The SMILES string of the molecule is FC(F)COCc1cc(NC2CCOCC2)c2[nH]c(-c3ccccc3)cc2c1. The van der Waals surface area contributed by atoms with Crippen LogP contribution in [0.3, 0.4) is 0 Å². The van der Waals surface area contributed by atoms with Crippen molar-refractivity contribution in [3.63, 3.8) is 0 Å². The van der Waals surface area contributed by atoms with Crippen LogP contribution >= 0.6 is 0 Å². The van der Waals surface area contributed by atoms with E-state index in [-0.39, 0.29) is 6.61 Å². The van der Waals surface area contributed by atoms with E-state index in [4.69, 9.17) is 9.47 Å². The number of aromatic amines is 1. The van der Waals surface area contributed by atoms with E-state index in [0.717, 1.165) is 59.5 Å². The van der Waals surface area contributed by atoms with Crippen LogP contribution in [0.5, 0.6) is 0 Å². The van der Waals surface area contributed by atoms with Crippen LogP contribution in [0.25, 0.3) is 22.2 Å². The van der Waals surface area contributed by atoms with E-state index >= 15 is 0 Å². The number of fused-ring (bicyclic) bond motifs is 1. The fourth-order valence-electron chi connectivity index (χ4n) is 3.60. The molecule has 0 unspecified atom stereocenters. The average molecular weight is 386 g/mol. The lowest BCUT2D eigenvalue weighted by Gasteiger charge is -2.24. The minimum atomic E-state index is -2.46. The van der Waals surface area contributed by atoms with E-state index in [2.05, 4.69) is 28.5 Å². The van der Waals surface area contributed by atoms with E-state index in [1.807, 2.05) is 30.3 Å². The maximum absolute atomic E-state index is 12.4. The van der Waals surface area contributed by atoms with Gasteiger partial charge in [0.05, 0.1) is 17.8 Å². The lowest BCUT2D eigenvalue weighted by atomic mass is 10.1. The summed E-state index contributed by atoms with van der Waals surface area (Å²) in [5, 5.41) is 4.65. The summed E-state index contributed by atoms with van der Waals surface area (Å²) in [6.07, 6.45) is -0.569. The number of halogens is 2. The second-order valence-corrected chi connectivity index (χ2v) is 7.09. The molecule has 1 aliphatic heterocycles. The number of rotatable bonds is 7. The first kappa shape index (κ1) is 18.9. The molecule has 0 aliphatic carbocycles. The highest BCUT2D eigenvalue weighted by molar-refractivity contribution is 5.95. The van der Waals surface area contributed by atoms with E-state index in [1.165, 1.54) is 0 Å². The zero-order chi connectivity index (χ0) is 19.3. The highest BCUT2D eigenvalue weighted by Crippen LogP contribution is 2.31. The summed E-state index contributed by atoms with van der Waals surface area (Å²) in [6.45, 7) is 1.10. The second-order valence-electron chi connectivity index (χ2n) is 7.09. The Kier molecular flexibility index (Phi) is 5.88. The van der Waals surface area contributed by atoms with E-state index in [9.17, 15) is 8.78 Å². The summed E-state index contributed by atoms with van der Waals surface area (Å²) in [5.41, 5.74) is 4.99. The lowest BCUT2D eigenvalue weighted by Crippen LogP contribution is -2.28. The van der Waals surface area contributed by atoms with Crippen LogP contribution in [-0.2, 0) is 16.1 Å². The van der Waals surface area contributed by atoms with Crippen molar-refractivity contribution in [2.45, 2.75) is 31.9 Å². The Balaban J connectivity index is 1.66. The molecular weight excluding hydrogens is 362 g/mol. The van der Waals surface area contributed by atoms with E-state index in [0.29, 0.717) is 6.04 Å². The van der Waals surface area contributed by atoms with Crippen molar-refractivity contribution < 1.29 is 18.3 Å². The monoisotopic (exact) mass is 386 g/mol. The molecule has 28 heavy (non-hydrogen) atoms. The Labute approximate surface area is 162 Å². The van der Waals surface area contributed by atoms with Crippen LogP contribution in [0, 0.1) is 0 Å². The van der Waals surface area contributed by atoms with Gasteiger partial charge in [-0.3, -0.25) is 0 Å². The number of nitrogens with one attached hydrogen (secondary N) is 2. The number of ether oxygens (including phenoxy) is 2. The number of hydrogen-bond acceptors (Lipinski definition) is 3. The molecule has 3 aromatic rings. The third-order valence-electron chi connectivity index (χ3n) is 4.97. The van der Waals surface area contributed by atoms with Gasteiger partial charge in [0, 0.05) is 30.3 Å². The third-order valence-corrected chi connectivity index (χ3v) is 4.97. The van der Waals surface area contributed by atoms with E-state index < -0.39 is 13.0 Å². The van der Waals surface area contributed by atoms with Crippen molar-refractivity contribution >= 4 is 16.6 Å². The molecule has 0 spiro atoms. The summed E-state index contributed by atoms with van der Waals surface area (Å²) in [7, 11) is 0. The molecule has 2 heterocycles. The minimum Gasteiger partial charge on any atom is -0.381 e. The van der Waals surface area contributed by atoms with Crippen molar-refractivity contribution in [3.05, 3.63) is 54.1 Å². The molecule has 0 saturated carbocycles. The van der Waals surface area contributed by atoms with Gasteiger partial charge in [0.25, 0.3) is 6.43 Å². The normalized spacial score (nSPS) is 15.4. The summed E-state index contributed by atoms with van der Waals surface area (Å²) >= 11 is 0. The maximum atomic E-state index is 12.4. The highest BCUT2D eigenvalue weighted by atomic mass is 19.3. The molecule has 1 aromatic heterocycles. The Bertz CT molecular complexity index is 906. The van der Waals surface area contributed by atoms with Gasteiger partial charge in [-0.05, 0) is 42.2 Å². The molecule has 0 bridgehead atoms. The molecule has 1 aliphatic rings. The van der Waals surface area contributed by atoms with Crippen LogP contribution in [-0.4, -0.2) is 37.3 Å². The molecule has 6 heteroatoms. The van der Waals surface area contributed by atoms with Crippen LogP contribution in [0.2, 0.25) is 0 Å². The first-order valence-corrected chi connectivity index (χ1v) is 9.60. The van der Waals surface area contributed by atoms with Crippen LogP contribution in [0.15, 0.2) is 48.5 Å². The van der Waals surface area contributed by atoms with Gasteiger partial charge in [0.2, 0.25) is 0 Å². The van der Waals surface area contributed by atoms with Gasteiger partial charge in [-0.2, -0.15) is 0 Å². The topological polar surface area (TPSA) is 46.3 Å². The predicted molar refractivity (Wildman–Crippen MR) is 107 cm³/mol. The summed E-state index contributed by atoms with van der Waals surface area (Å²) in [6, 6.07) is 16.5. The zero-order valence-electron chi connectivity index (χ0n) is 15.6. The van der Waals surface area contributed by atoms with Crippen LogP contribution < -0.4 is 5.32 Å². The molecule has 2 N–H and O–H groups in total. The third kappa shape index (κ3) is 4.51. The van der Waals surface area contributed by atoms with Gasteiger partial charge >= 0.3 is 0 Å². The highest BCUT2D eigenvalue weighted by Gasteiger charge is 2.17. The molecule has 0 radical (unpaired) electrons. The number of hydrogen-bond donors (Lipinski definition) is 2. The van der Waals surface area contributed by atoms with Crippen LogP contribution in [0.4, 0.5) is 14.5 Å². The summed E-state index contributed by atoms with van der Waals surface area (Å²) in [5.74, 6) is 0. The zero-order valence-corrected chi connectivity index (χ0v) is 15.6. The average Bonchev–Trinajstić information content (AvgIpc) is 3.14. The van der Waals surface area contributed by atoms with Gasteiger partial charge in [-0.15, -0.1) is 0 Å². The Morgan fingerprint density at radius 3 is 2.64 bits per heavy atom. The first-order chi connectivity index (χ1) is 13.7. The Hall–Kier alpha value is -2.44. The van der Waals surface area contributed by atoms with E-state index in [1.54, 1.807) is 0 Å². The first-order valence-electron chi connectivity index (χ1n) is 9.60. The largest absolute Gasteiger partial charge is 0.381 e. The lowest BCUT2D eigenvalue weighted by molar-refractivity contribution is 0.00992. The molecular formula is C22H24F2N2O2. The molecule has 1 saturated heterocycles. The second kappa shape index (κ2) is 8.71. The fraction of sp³-hybridized carbons (Fsp3) is 0.364. The molecule has 2 aromatic carbocycles. The summed E-state index contributed by atoms with van der Waals surface area (Å²) < 4.78 is 35.4. The van der Waals surface area contributed by atoms with Crippen molar-refractivity contribution in [2.75, 3.05) is 25.1 Å². The number of aromatic nitrogens is 1. The molecule has 1 fully saturated rings. The number of H-pyrrole nitrogens is 1. The number of anilines is 1.